The Morgan fingerprint density at radius 2 is 1.91 bits per heavy atom. The van der Waals surface area contributed by atoms with Gasteiger partial charge in [0.1, 0.15) is 17.2 Å². The number of benzene rings is 1. The molecule has 1 aromatic carbocycles. The number of nitrogens with one attached hydrogen (secondary N) is 1. The number of pyridine rings is 1. The fourth-order valence-electron chi connectivity index (χ4n) is 4.51. The number of hydrogen-bond acceptors (Lipinski definition) is 7. The largest absolute Gasteiger partial charge is 0.494 e. The van der Waals surface area contributed by atoms with Crippen LogP contribution in [0.25, 0.3) is 10.9 Å². The fourth-order valence-corrected chi connectivity index (χ4v) is 4.51. The van der Waals surface area contributed by atoms with E-state index in [0.717, 1.165) is 65.5 Å². The third kappa shape index (κ3) is 4.07. The normalized spacial score (nSPS) is 16.6. The number of nitrogens with zero attached hydrogens (tertiary/aromatic N) is 5. The van der Waals surface area contributed by atoms with Gasteiger partial charge in [-0.25, -0.2) is 0 Å². The van der Waals surface area contributed by atoms with E-state index in [1.165, 1.54) is 12.8 Å². The average Bonchev–Trinajstić information content (AvgIpc) is 3.51. The molecule has 0 atom stereocenters. The molecule has 1 saturated carbocycles. The molecule has 1 aliphatic heterocycles. The van der Waals surface area contributed by atoms with E-state index in [4.69, 9.17) is 19.3 Å². The average molecular weight is 461 g/mol. The van der Waals surface area contributed by atoms with E-state index in [1.54, 1.807) is 24.2 Å². The summed E-state index contributed by atoms with van der Waals surface area (Å²) in [6.45, 7) is 1.53. The number of hydrogen-bond donors (Lipinski definition) is 1. The van der Waals surface area contributed by atoms with Crippen molar-refractivity contribution in [2.75, 3.05) is 25.6 Å². The molecular formula is C25H28N6O3. The molecule has 4 heterocycles. The third-order valence-electron chi connectivity index (χ3n) is 6.48. The highest BCUT2D eigenvalue weighted by atomic mass is 16.5. The molecule has 4 aromatic rings. The lowest BCUT2D eigenvalue weighted by molar-refractivity contribution is 0.0839. The van der Waals surface area contributed by atoms with Gasteiger partial charge in [0.05, 0.1) is 42.4 Å². The van der Waals surface area contributed by atoms with E-state index in [9.17, 15) is 0 Å². The van der Waals surface area contributed by atoms with Gasteiger partial charge in [0.15, 0.2) is 5.75 Å². The molecule has 1 aliphatic carbocycles. The molecule has 0 bridgehead atoms. The Bertz CT molecular complexity index is 1320. The summed E-state index contributed by atoms with van der Waals surface area (Å²) in [4.78, 5) is 4.56. The first kappa shape index (κ1) is 21.0. The van der Waals surface area contributed by atoms with Crippen molar-refractivity contribution in [1.82, 2.24) is 24.5 Å². The molecule has 9 nitrogen and oxygen atoms in total. The van der Waals surface area contributed by atoms with Crippen LogP contribution in [0.15, 0.2) is 43.0 Å². The molecule has 0 radical (unpaired) electrons. The second-order valence-corrected chi connectivity index (χ2v) is 8.98. The van der Waals surface area contributed by atoms with Crippen molar-refractivity contribution in [2.24, 2.45) is 7.05 Å². The van der Waals surface area contributed by atoms with Gasteiger partial charge in [0.2, 0.25) is 0 Å². The topological polar surface area (TPSA) is 88.2 Å². The molecule has 2 aliphatic rings. The first-order chi connectivity index (χ1) is 16.7. The molecule has 3 aromatic heterocycles. The standard InChI is InChI=1S/C25H28N6O3/c1-30-14-17(13-27-30)28-21-11-19-20(12-23(21)32-2)26-8-5-22(19)34-24-15-31(18-3-4-18)29-25(24)16-6-9-33-10-7-16/h5,8,11-16,18,28H,3-4,6-7,9-10H2,1-2H3. The van der Waals surface area contributed by atoms with Gasteiger partial charge in [-0.3, -0.25) is 14.3 Å². The summed E-state index contributed by atoms with van der Waals surface area (Å²) in [5, 5.41) is 13.5. The fraction of sp³-hybridized carbons (Fsp3) is 0.400. The highest BCUT2D eigenvalue weighted by molar-refractivity contribution is 5.91. The van der Waals surface area contributed by atoms with Gasteiger partial charge in [-0.15, -0.1) is 0 Å². The number of aryl methyl sites for hydroxylation is 1. The Morgan fingerprint density at radius 3 is 2.65 bits per heavy atom. The molecule has 176 valence electrons. The summed E-state index contributed by atoms with van der Waals surface area (Å²) in [6.07, 6.45) is 11.8. The summed E-state index contributed by atoms with van der Waals surface area (Å²) in [7, 11) is 3.54. The zero-order valence-electron chi connectivity index (χ0n) is 19.4. The van der Waals surface area contributed by atoms with Crippen molar-refractivity contribution >= 4 is 22.3 Å². The minimum atomic E-state index is 0.347. The molecule has 0 amide bonds. The van der Waals surface area contributed by atoms with E-state index in [2.05, 4.69) is 26.3 Å². The molecule has 34 heavy (non-hydrogen) atoms. The molecule has 2 fully saturated rings. The van der Waals surface area contributed by atoms with Gasteiger partial charge in [0.25, 0.3) is 0 Å². The lowest BCUT2D eigenvalue weighted by atomic mass is 9.96. The highest BCUT2D eigenvalue weighted by Crippen LogP contribution is 2.42. The minimum Gasteiger partial charge on any atom is -0.494 e. The number of fused-ring (bicyclic) bond motifs is 1. The minimum absolute atomic E-state index is 0.347. The van der Waals surface area contributed by atoms with Crippen LogP contribution >= 0.6 is 0 Å². The van der Waals surface area contributed by atoms with Crippen molar-refractivity contribution in [3.05, 3.63) is 48.7 Å². The lowest BCUT2D eigenvalue weighted by Gasteiger charge is -2.21. The maximum atomic E-state index is 6.57. The van der Waals surface area contributed by atoms with Crippen LogP contribution in [0.2, 0.25) is 0 Å². The second kappa shape index (κ2) is 8.64. The van der Waals surface area contributed by atoms with Crippen molar-refractivity contribution in [2.45, 2.75) is 37.6 Å². The first-order valence-electron chi connectivity index (χ1n) is 11.7. The number of aromatic nitrogens is 5. The lowest BCUT2D eigenvalue weighted by Crippen LogP contribution is -2.15. The van der Waals surface area contributed by atoms with Gasteiger partial charge >= 0.3 is 0 Å². The van der Waals surface area contributed by atoms with Crippen LogP contribution in [0.4, 0.5) is 11.4 Å². The van der Waals surface area contributed by atoms with Crippen LogP contribution in [0.3, 0.4) is 0 Å². The zero-order valence-corrected chi connectivity index (χ0v) is 19.4. The van der Waals surface area contributed by atoms with Crippen LogP contribution in [0, 0.1) is 0 Å². The Kier molecular flexibility index (Phi) is 5.33. The molecule has 0 spiro atoms. The Morgan fingerprint density at radius 1 is 1.06 bits per heavy atom. The predicted octanol–water partition coefficient (Wildman–Crippen LogP) is 4.94. The zero-order chi connectivity index (χ0) is 23.1. The SMILES string of the molecule is COc1cc2nccc(Oc3cn(C4CC4)nc3C3CCOCC3)c2cc1Nc1cnn(C)c1. The molecule has 1 N–H and O–H groups in total. The molecular weight excluding hydrogens is 432 g/mol. The van der Waals surface area contributed by atoms with E-state index in [-0.39, 0.29) is 0 Å². The van der Waals surface area contributed by atoms with Gasteiger partial charge in [-0.2, -0.15) is 10.2 Å². The molecule has 6 rings (SSSR count). The van der Waals surface area contributed by atoms with Crippen LogP contribution in [-0.2, 0) is 11.8 Å². The number of rotatable bonds is 7. The van der Waals surface area contributed by atoms with Crippen molar-refractivity contribution < 1.29 is 14.2 Å². The van der Waals surface area contributed by atoms with Crippen LogP contribution < -0.4 is 14.8 Å². The number of methoxy groups -OCH3 is 1. The van der Waals surface area contributed by atoms with Crippen molar-refractivity contribution in [3.63, 3.8) is 0 Å². The summed E-state index contributed by atoms with van der Waals surface area (Å²) >= 11 is 0. The van der Waals surface area contributed by atoms with Gasteiger partial charge < -0.3 is 19.5 Å². The van der Waals surface area contributed by atoms with E-state index in [0.29, 0.717) is 17.7 Å². The smallest absolute Gasteiger partial charge is 0.168 e. The van der Waals surface area contributed by atoms with E-state index < -0.39 is 0 Å². The Labute approximate surface area is 197 Å². The van der Waals surface area contributed by atoms with Crippen molar-refractivity contribution in [3.8, 4) is 17.2 Å². The van der Waals surface area contributed by atoms with Crippen LogP contribution in [0.1, 0.15) is 43.3 Å². The predicted molar refractivity (Wildman–Crippen MR) is 128 cm³/mol. The molecule has 1 saturated heterocycles. The summed E-state index contributed by atoms with van der Waals surface area (Å²) in [5.74, 6) is 2.61. The summed E-state index contributed by atoms with van der Waals surface area (Å²) in [6, 6.07) is 6.34. The van der Waals surface area contributed by atoms with Gasteiger partial charge in [0, 0.05) is 50.0 Å². The van der Waals surface area contributed by atoms with Crippen LogP contribution in [-0.4, -0.2) is 44.9 Å². The first-order valence-corrected chi connectivity index (χ1v) is 11.7. The second-order valence-electron chi connectivity index (χ2n) is 8.98. The quantitative estimate of drug-likeness (QED) is 0.418. The van der Waals surface area contributed by atoms with Gasteiger partial charge in [-0.1, -0.05) is 0 Å². The van der Waals surface area contributed by atoms with Crippen molar-refractivity contribution in [1.29, 1.82) is 0 Å². The Hall–Kier alpha value is -3.59. The summed E-state index contributed by atoms with van der Waals surface area (Å²) in [5.41, 5.74) is 3.52. The monoisotopic (exact) mass is 460 g/mol. The third-order valence-corrected chi connectivity index (χ3v) is 6.48. The van der Waals surface area contributed by atoms with Crippen LogP contribution in [0.5, 0.6) is 17.2 Å². The number of ether oxygens (including phenoxy) is 3. The van der Waals surface area contributed by atoms with Gasteiger partial charge in [-0.05, 0) is 37.8 Å². The number of anilines is 2. The van der Waals surface area contributed by atoms with E-state index >= 15 is 0 Å². The maximum absolute atomic E-state index is 6.57. The maximum Gasteiger partial charge on any atom is 0.168 e. The van der Waals surface area contributed by atoms with E-state index in [1.807, 2.05) is 31.4 Å². The summed E-state index contributed by atoms with van der Waals surface area (Å²) < 4.78 is 21.6. The molecule has 0 unspecified atom stereocenters. The Balaban J connectivity index is 1.38. The molecule has 9 heteroatoms. The highest BCUT2D eigenvalue weighted by Gasteiger charge is 2.30.